The van der Waals surface area contributed by atoms with E-state index in [-0.39, 0.29) is 6.03 Å². The molecule has 0 spiro atoms. The highest BCUT2D eigenvalue weighted by Crippen LogP contribution is 2.20. The monoisotopic (exact) mass is 254 g/mol. The van der Waals surface area contributed by atoms with Gasteiger partial charge in [0, 0.05) is 19.6 Å². The number of carbonyl (C=O) groups is 1. The van der Waals surface area contributed by atoms with Crippen LogP contribution in [-0.2, 0) is 4.74 Å². The van der Waals surface area contributed by atoms with Crippen LogP contribution in [0, 0.1) is 5.92 Å². The maximum absolute atomic E-state index is 11.9. The lowest BCUT2D eigenvalue weighted by Crippen LogP contribution is -2.45. The Kier molecular flexibility index (Phi) is 5.29. The SMILES string of the molecule is CC1CCN(C(=O)NCCOC2CCCC2)CC1. The summed E-state index contributed by atoms with van der Waals surface area (Å²) >= 11 is 0. The van der Waals surface area contributed by atoms with Crippen LogP contribution >= 0.6 is 0 Å². The van der Waals surface area contributed by atoms with Gasteiger partial charge in [0.15, 0.2) is 0 Å². The predicted molar refractivity (Wildman–Crippen MR) is 71.6 cm³/mol. The van der Waals surface area contributed by atoms with Crippen LogP contribution in [0.3, 0.4) is 0 Å². The van der Waals surface area contributed by atoms with Crippen LogP contribution in [0.15, 0.2) is 0 Å². The molecule has 0 aromatic carbocycles. The highest BCUT2D eigenvalue weighted by Gasteiger charge is 2.20. The minimum atomic E-state index is 0.0805. The predicted octanol–water partition coefficient (Wildman–Crippen LogP) is 2.39. The molecule has 4 nitrogen and oxygen atoms in total. The quantitative estimate of drug-likeness (QED) is 0.783. The first-order valence-electron chi connectivity index (χ1n) is 7.40. The molecule has 2 fully saturated rings. The summed E-state index contributed by atoms with van der Waals surface area (Å²) in [6.45, 7) is 5.35. The van der Waals surface area contributed by atoms with Gasteiger partial charge in [-0.1, -0.05) is 19.8 Å². The minimum Gasteiger partial charge on any atom is -0.376 e. The maximum Gasteiger partial charge on any atom is 0.317 e. The van der Waals surface area contributed by atoms with E-state index in [1.807, 2.05) is 4.90 Å². The molecule has 0 bridgehead atoms. The number of amides is 2. The van der Waals surface area contributed by atoms with E-state index in [4.69, 9.17) is 4.74 Å². The number of nitrogens with one attached hydrogen (secondary N) is 1. The van der Waals surface area contributed by atoms with Crippen molar-refractivity contribution in [3.8, 4) is 0 Å². The van der Waals surface area contributed by atoms with Gasteiger partial charge in [-0.2, -0.15) is 0 Å². The molecule has 1 aliphatic carbocycles. The summed E-state index contributed by atoms with van der Waals surface area (Å²) in [5.41, 5.74) is 0. The molecule has 2 aliphatic rings. The zero-order valence-electron chi connectivity index (χ0n) is 11.5. The Morgan fingerprint density at radius 2 is 1.89 bits per heavy atom. The van der Waals surface area contributed by atoms with E-state index in [0.29, 0.717) is 19.3 Å². The van der Waals surface area contributed by atoms with Crippen LogP contribution < -0.4 is 5.32 Å². The molecular weight excluding hydrogens is 228 g/mol. The van der Waals surface area contributed by atoms with Crippen LogP contribution in [0.2, 0.25) is 0 Å². The second-order valence-corrected chi connectivity index (χ2v) is 5.68. The number of nitrogens with zero attached hydrogens (tertiary/aromatic N) is 1. The van der Waals surface area contributed by atoms with Crippen LogP contribution in [0.4, 0.5) is 4.79 Å². The Balaban J connectivity index is 1.54. The van der Waals surface area contributed by atoms with E-state index in [1.165, 1.54) is 25.7 Å². The second kappa shape index (κ2) is 6.98. The van der Waals surface area contributed by atoms with Crippen molar-refractivity contribution in [3.05, 3.63) is 0 Å². The van der Waals surface area contributed by atoms with E-state index in [2.05, 4.69) is 12.2 Å². The number of hydrogen-bond acceptors (Lipinski definition) is 2. The molecule has 104 valence electrons. The zero-order valence-corrected chi connectivity index (χ0v) is 11.5. The van der Waals surface area contributed by atoms with E-state index in [1.54, 1.807) is 0 Å². The van der Waals surface area contributed by atoms with Crippen molar-refractivity contribution in [2.75, 3.05) is 26.2 Å². The maximum atomic E-state index is 11.9. The lowest BCUT2D eigenvalue weighted by atomic mass is 10.00. The standard InChI is InChI=1S/C14H26N2O2/c1-12-6-9-16(10-7-12)14(17)15-8-11-18-13-4-2-3-5-13/h12-13H,2-11H2,1H3,(H,15,17). The number of hydrogen-bond donors (Lipinski definition) is 1. The Bertz CT molecular complexity index is 257. The summed E-state index contributed by atoms with van der Waals surface area (Å²) < 4.78 is 5.72. The van der Waals surface area contributed by atoms with Gasteiger partial charge in [0.1, 0.15) is 0 Å². The number of ether oxygens (including phenoxy) is 1. The fraction of sp³-hybridized carbons (Fsp3) is 0.929. The lowest BCUT2D eigenvalue weighted by molar-refractivity contribution is 0.0603. The van der Waals surface area contributed by atoms with Crippen molar-refractivity contribution in [1.82, 2.24) is 10.2 Å². The first kappa shape index (κ1) is 13.7. The summed E-state index contributed by atoms with van der Waals surface area (Å²) in [6.07, 6.45) is 7.68. The molecule has 0 aromatic heterocycles. The first-order valence-corrected chi connectivity index (χ1v) is 7.40. The van der Waals surface area contributed by atoms with Gasteiger partial charge in [0.2, 0.25) is 0 Å². The number of likely N-dealkylation sites (tertiary alicyclic amines) is 1. The molecule has 1 saturated carbocycles. The van der Waals surface area contributed by atoms with Crippen molar-refractivity contribution in [2.24, 2.45) is 5.92 Å². The van der Waals surface area contributed by atoms with Gasteiger partial charge in [0.25, 0.3) is 0 Å². The van der Waals surface area contributed by atoms with Gasteiger partial charge < -0.3 is 15.0 Å². The van der Waals surface area contributed by atoms with Crippen LogP contribution in [-0.4, -0.2) is 43.3 Å². The van der Waals surface area contributed by atoms with Crippen LogP contribution in [0.25, 0.3) is 0 Å². The molecule has 2 rings (SSSR count). The topological polar surface area (TPSA) is 41.6 Å². The molecule has 1 saturated heterocycles. The Morgan fingerprint density at radius 1 is 1.22 bits per heavy atom. The minimum absolute atomic E-state index is 0.0805. The third-order valence-corrected chi connectivity index (χ3v) is 4.10. The molecule has 0 radical (unpaired) electrons. The molecule has 0 unspecified atom stereocenters. The van der Waals surface area contributed by atoms with Gasteiger partial charge in [-0.15, -0.1) is 0 Å². The highest BCUT2D eigenvalue weighted by molar-refractivity contribution is 5.74. The molecule has 2 amide bonds. The summed E-state index contributed by atoms with van der Waals surface area (Å²) in [5, 5.41) is 2.95. The molecular formula is C14H26N2O2. The van der Waals surface area contributed by atoms with Crippen molar-refractivity contribution in [1.29, 1.82) is 0 Å². The lowest BCUT2D eigenvalue weighted by Gasteiger charge is -2.30. The molecule has 0 atom stereocenters. The molecule has 4 heteroatoms. The van der Waals surface area contributed by atoms with Gasteiger partial charge in [-0.05, 0) is 31.6 Å². The van der Waals surface area contributed by atoms with E-state index >= 15 is 0 Å². The zero-order chi connectivity index (χ0) is 12.8. The van der Waals surface area contributed by atoms with Crippen LogP contribution in [0.1, 0.15) is 45.4 Å². The average molecular weight is 254 g/mol. The third-order valence-electron chi connectivity index (χ3n) is 4.10. The van der Waals surface area contributed by atoms with Crippen molar-refractivity contribution < 1.29 is 9.53 Å². The summed E-state index contributed by atoms with van der Waals surface area (Å²) in [5.74, 6) is 0.764. The van der Waals surface area contributed by atoms with Crippen molar-refractivity contribution >= 4 is 6.03 Å². The van der Waals surface area contributed by atoms with Gasteiger partial charge in [-0.3, -0.25) is 0 Å². The van der Waals surface area contributed by atoms with Gasteiger partial charge in [-0.25, -0.2) is 4.79 Å². The number of carbonyl (C=O) groups excluding carboxylic acids is 1. The van der Waals surface area contributed by atoms with E-state index in [0.717, 1.165) is 31.8 Å². The number of piperidine rings is 1. The van der Waals surface area contributed by atoms with Crippen molar-refractivity contribution in [3.63, 3.8) is 0 Å². The van der Waals surface area contributed by atoms with E-state index < -0.39 is 0 Å². The molecule has 1 N–H and O–H groups in total. The second-order valence-electron chi connectivity index (χ2n) is 5.68. The molecule has 0 aromatic rings. The Hall–Kier alpha value is -0.770. The average Bonchev–Trinajstić information content (AvgIpc) is 2.88. The Labute approximate surface area is 110 Å². The molecule has 1 aliphatic heterocycles. The largest absolute Gasteiger partial charge is 0.376 e. The van der Waals surface area contributed by atoms with Crippen LogP contribution in [0.5, 0.6) is 0 Å². The highest BCUT2D eigenvalue weighted by atomic mass is 16.5. The summed E-state index contributed by atoms with van der Waals surface area (Å²) in [6, 6.07) is 0.0805. The normalized spacial score (nSPS) is 22.4. The van der Waals surface area contributed by atoms with E-state index in [9.17, 15) is 4.79 Å². The molecule has 1 heterocycles. The number of urea groups is 1. The summed E-state index contributed by atoms with van der Waals surface area (Å²) in [7, 11) is 0. The van der Waals surface area contributed by atoms with Gasteiger partial charge in [0.05, 0.1) is 12.7 Å². The van der Waals surface area contributed by atoms with Crippen molar-refractivity contribution in [2.45, 2.75) is 51.6 Å². The summed E-state index contributed by atoms with van der Waals surface area (Å²) in [4.78, 5) is 13.8. The Morgan fingerprint density at radius 3 is 2.56 bits per heavy atom. The fourth-order valence-electron chi connectivity index (χ4n) is 2.76. The fourth-order valence-corrected chi connectivity index (χ4v) is 2.76. The molecule has 18 heavy (non-hydrogen) atoms. The third kappa shape index (κ3) is 4.16. The first-order chi connectivity index (χ1) is 8.75. The number of rotatable bonds is 4. The smallest absolute Gasteiger partial charge is 0.317 e. The van der Waals surface area contributed by atoms with Gasteiger partial charge >= 0.3 is 6.03 Å².